The van der Waals surface area contributed by atoms with Crippen molar-refractivity contribution in [3.8, 4) is 0 Å². The highest BCUT2D eigenvalue weighted by atomic mass is 32.1. The smallest absolute Gasteiger partial charge is 0.350 e. The quantitative estimate of drug-likeness (QED) is 0.679. The number of nitrogens with zero attached hydrogens (tertiary/aromatic N) is 1. The van der Waals surface area contributed by atoms with E-state index in [9.17, 15) is 9.59 Å². The Bertz CT molecular complexity index is 522. The number of hydrogen-bond donors (Lipinski definition) is 1. The molecular formula is C13H16N2O3S. The largest absolute Gasteiger partial charge is 0.465 e. The maximum absolute atomic E-state index is 11.8. The molecule has 0 saturated carbocycles. The molecule has 0 fully saturated rings. The Hall–Kier alpha value is -1.69. The summed E-state index contributed by atoms with van der Waals surface area (Å²) in [7, 11) is 1.33. The van der Waals surface area contributed by atoms with Crippen LogP contribution in [0.15, 0.2) is 12.2 Å². The number of amides is 1. The van der Waals surface area contributed by atoms with E-state index in [1.807, 2.05) is 0 Å². The van der Waals surface area contributed by atoms with Crippen molar-refractivity contribution in [1.29, 1.82) is 0 Å². The van der Waals surface area contributed by atoms with E-state index in [4.69, 9.17) is 0 Å². The van der Waals surface area contributed by atoms with Crippen LogP contribution in [0.5, 0.6) is 0 Å². The number of carbonyl (C=O) groups is 2. The number of thiazole rings is 1. The molecule has 1 heterocycles. The third-order valence-electron chi connectivity index (χ3n) is 2.97. The average Bonchev–Trinajstić information content (AvgIpc) is 2.98. The van der Waals surface area contributed by atoms with Gasteiger partial charge in [-0.1, -0.05) is 23.5 Å². The topological polar surface area (TPSA) is 68.3 Å². The van der Waals surface area contributed by atoms with Crippen molar-refractivity contribution in [2.45, 2.75) is 26.2 Å². The van der Waals surface area contributed by atoms with Crippen LogP contribution in [-0.4, -0.2) is 24.0 Å². The third-order valence-corrected chi connectivity index (χ3v) is 4.03. The van der Waals surface area contributed by atoms with E-state index in [0.717, 1.165) is 24.2 Å². The molecule has 0 saturated heterocycles. The Morgan fingerprint density at radius 1 is 1.58 bits per heavy atom. The number of esters is 1. The molecule has 1 aliphatic rings. The van der Waals surface area contributed by atoms with E-state index < -0.39 is 5.97 Å². The van der Waals surface area contributed by atoms with Gasteiger partial charge in [0, 0.05) is 6.42 Å². The predicted molar refractivity (Wildman–Crippen MR) is 73.3 cm³/mol. The monoisotopic (exact) mass is 280 g/mol. The molecule has 1 N–H and O–H groups in total. The molecule has 19 heavy (non-hydrogen) atoms. The normalized spacial score (nSPS) is 17.5. The zero-order valence-electron chi connectivity index (χ0n) is 10.9. The van der Waals surface area contributed by atoms with Crippen molar-refractivity contribution in [1.82, 2.24) is 4.98 Å². The number of carbonyl (C=O) groups excluding carboxylic acids is 2. The number of nitrogens with one attached hydrogen (secondary N) is 1. The molecular weight excluding hydrogens is 264 g/mol. The first-order valence-electron chi connectivity index (χ1n) is 6.12. The van der Waals surface area contributed by atoms with E-state index in [1.165, 1.54) is 7.11 Å². The molecule has 1 aliphatic carbocycles. The van der Waals surface area contributed by atoms with Gasteiger partial charge < -0.3 is 10.1 Å². The second-order valence-corrected chi connectivity index (χ2v) is 5.44. The van der Waals surface area contributed by atoms with E-state index in [0.29, 0.717) is 28.0 Å². The summed E-state index contributed by atoms with van der Waals surface area (Å²) in [5.74, 6) is -0.169. The fraction of sp³-hybridized carbons (Fsp3) is 0.462. The summed E-state index contributed by atoms with van der Waals surface area (Å²) >= 11 is 1.14. The van der Waals surface area contributed by atoms with Crippen LogP contribution >= 0.6 is 11.3 Å². The fourth-order valence-electron chi connectivity index (χ4n) is 2.01. The molecule has 102 valence electrons. The summed E-state index contributed by atoms with van der Waals surface area (Å²) < 4.78 is 4.65. The molecule has 0 spiro atoms. The van der Waals surface area contributed by atoms with Crippen LogP contribution in [0, 0.1) is 12.8 Å². The summed E-state index contributed by atoms with van der Waals surface area (Å²) in [6.45, 7) is 1.72. The lowest BCUT2D eigenvalue weighted by molar-refractivity contribution is -0.116. The number of allylic oxidation sites excluding steroid dienone is 2. The average molecular weight is 280 g/mol. The summed E-state index contributed by atoms with van der Waals surface area (Å²) in [4.78, 5) is 27.9. The zero-order chi connectivity index (χ0) is 13.8. The van der Waals surface area contributed by atoms with Gasteiger partial charge in [0.15, 0.2) is 5.13 Å². The van der Waals surface area contributed by atoms with Crippen molar-refractivity contribution in [3.05, 3.63) is 22.7 Å². The van der Waals surface area contributed by atoms with E-state index >= 15 is 0 Å². The lowest BCUT2D eigenvalue weighted by Gasteiger charge is -2.06. The van der Waals surface area contributed by atoms with Crippen molar-refractivity contribution in [2.75, 3.05) is 12.4 Å². The van der Waals surface area contributed by atoms with Gasteiger partial charge in [-0.15, -0.1) is 0 Å². The minimum absolute atomic E-state index is 0.0679. The molecule has 1 atom stereocenters. The van der Waals surface area contributed by atoms with Gasteiger partial charge in [-0.2, -0.15) is 0 Å². The summed E-state index contributed by atoms with van der Waals surface area (Å²) in [6, 6.07) is 0. The second-order valence-electron chi connectivity index (χ2n) is 4.44. The standard InChI is InChI=1S/C13H16N2O3S/c1-8-11(12(17)18-2)19-13(14-8)15-10(16)7-9-5-3-4-6-9/h3,5,9H,4,6-7H2,1-2H3,(H,14,15,16). The van der Waals surface area contributed by atoms with Crippen LogP contribution in [0.25, 0.3) is 0 Å². The van der Waals surface area contributed by atoms with Crippen LogP contribution < -0.4 is 5.32 Å². The van der Waals surface area contributed by atoms with Crippen LogP contribution in [0.1, 0.15) is 34.6 Å². The maximum Gasteiger partial charge on any atom is 0.350 e. The van der Waals surface area contributed by atoms with E-state index in [1.54, 1.807) is 6.92 Å². The van der Waals surface area contributed by atoms with Gasteiger partial charge in [0.2, 0.25) is 5.91 Å². The molecule has 2 rings (SSSR count). The maximum atomic E-state index is 11.8. The number of aryl methyl sites for hydroxylation is 1. The molecule has 5 nitrogen and oxygen atoms in total. The highest BCUT2D eigenvalue weighted by molar-refractivity contribution is 7.17. The summed E-state index contributed by atoms with van der Waals surface area (Å²) in [5.41, 5.74) is 0.577. The molecule has 1 unspecified atom stereocenters. The minimum atomic E-state index is -0.422. The van der Waals surface area contributed by atoms with Crippen LogP contribution in [0.3, 0.4) is 0 Å². The number of anilines is 1. The lowest BCUT2D eigenvalue weighted by Crippen LogP contribution is -2.14. The first-order chi connectivity index (χ1) is 9.10. The SMILES string of the molecule is COC(=O)c1sc(NC(=O)CC2C=CCC2)nc1C. The molecule has 0 aliphatic heterocycles. The molecule has 6 heteroatoms. The van der Waals surface area contributed by atoms with Gasteiger partial charge in [-0.25, -0.2) is 9.78 Å². The minimum Gasteiger partial charge on any atom is -0.465 e. The van der Waals surface area contributed by atoms with Gasteiger partial charge in [0.05, 0.1) is 12.8 Å². The number of aromatic nitrogens is 1. The predicted octanol–water partition coefficient (Wildman–Crippen LogP) is 2.53. The Kier molecular flexibility index (Phi) is 4.31. The molecule has 1 aromatic heterocycles. The van der Waals surface area contributed by atoms with E-state index in [2.05, 4.69) is 27.2 Å². The zero-order valence-corrected chi connectivity index (χ0v) is 11.8. The van der Waals surface area contributed by atoms with Crippen LogP contribution in [0.2, 0.25) is 0 Å². The Morgan fingerprint density at radius 3 is 3.00 bits per heavy atom. The molecule has 0 radical (unpaired) electrons. The van der Waals surface area contributed by atoms with Crippen molar-refractivity contribution < 1.29 is 14.3 Å². The Morgan fingerprint density at radius 2 is 2.37 bits per heavy atom. The highest BCUT2D eigenvalue weighted by Gasteiger charge is 2.18. The Labute approximate surface area is 115 Å². The fourth-order valence-corrected chi connectivity index (χ4v) is 2.91. The van der Waals surface area contributed by atoms with Crippen molar-refractivity contribution >= 4 is 28.3 Å². The van der Waals surface area contributed by atoms with Gasteiger partial charge in [-0.3, -0.25) is 4.79 Å². The molecule has 0 bridgehead atoms. The van der Waals surface area contributed by atoms with Gasteiger partial charge in [0.25, 0.3) is 0 Å². The van der Waals surface area contributed by atoms with Crippen LogP contribution in [0.4, 0.5) is 5.13 Å². The van der Waals surface area contributed by atoms with Gasteiger partial charge in [-0.05, 0) is 25.7 Å². The number of hydrogen-bond acceptors (Lipinski definition) is 5. The third kappa shape index (κ3) is 3.41. The van der Waals surface area contributed by atoms with Crippen molar-refractivity contribution in [3.63, 3.8) is 0 Å². The molecule has 1 amide bonds. The summed E-state index contributed by atoms with van der Waals surface area (Å²) in [6.07, 6.45) is 6.70. The second kappa shape index (κ2) is 5.97. The van der Waals surface area contributed by atoms with Gasteiger partial charge >= 0.3 is 5.97 Å². The van der Waals surface area contributed by atoms with E-state index in [-0.39, 0.29) is 5.91 Å². The van der Waals surface area contributed by atoms with Crippen LogP contribution in [-0.2, 0) is 9.53 Å². The number of rotatable bonds is 4. The molecule has 1 aromatic rings. The van der Waals surface area contributed by atoms with Crippen molar-refractivity contribution in [2.24, 2.45) is 5.92 Å². The lowest BCUT2D eigenvalue weighted by atomic mass is 10.1. The highest BCUT2D eigenvalue weighted by Crippen LogP contribution is 2.25. The molecule has 0 aromatic carbocycles. The number of ether oxygens (including phenoxy) is 1. The van der Waals surface area contributed by atoms with Gasteiger partial charge in [0.1, 0.15) is 4.88 Å². The Balaban J connectivity index is 1.97. The summed E-state index contributed by atoms with van der Waals surface area (Å²) in [5, 5.41) is 3.18. The first-order valence-corrected chi connectivity index (χ1v) is 6.94. The number of methoxy groups -OCH3 is 1. The first kappa shape index (κ1) is 13.7.